The summed E-state index contributed by atoms with van der Waals surface area (Å²) in [5.41, 5.74) is 3.09. The number of aromatic amines is 1. The Hall–Kier alpha value is -2.93. The number of hydrogen-bond acceptors (Lipinski definition) is 5. The fraction of sp³-hybridized carbons (Fsp3) is 0.167. The van der Waals surface area contributed by atoms with Gasteiger partial charge in [-0.25, -0.2) is 15.0 Å². The zero-order chi connectivity index (χ0) is 23.2. The van der Waals surface area contributed by atoms with Crippen LogP contribution in [0.1, 0.15) is 23.5 Å². The number of carbonyl (C=O) groups excluding carboxylic acids is 1. The second-order valence-electron chi connectivity index (χ2n) is 7.22. The number of H-pyrrole nitrogens is 1. The normalized spacial score (nSPS) is 11.4. The summed E-state index contributed by atoms with van der Waals surface area (Å²) < 4.78 is 5.82. The average Bonchev–Trinajstić information content (AvgIpc) is 3.22. The Morgan fingerprint density at radius 3 is 2.73 bits per heavy atom. The van der Waals surface area contributed by atoms with E-state index in [1.807, 2.05) is 36.4 Å². The summed E-state index contributed by atoms with van der Waals surface area (Å²) in [7, 11) is 0. The molecule has 4 rings (SSSR count). The van der Waals surface area contributed by atoms with Crippen LogP contribution in [0.3, 0.4) is 0 Å². The molecule has 33 heavy (non-hydrogen) atoms. The van der Waals surface area contributed by atoms with Crippen molar-refractivity contribution in [3.8, 4) is 5.75 Å². The number of rotatable bonds is 9. The minimum absolute atomic E-state index is 0.00267. The van der Waals surface area contributed by atoms with Gasteiger partial charge in [0.1, 0.15) is 11.6 Å². The van der Waals surface area contributed by atoms with Crippen molar-refractivity contribution >= 4 is 57.7 Å². The van der Waals surface area contributed by atoms with E-state index in [0.29, 0.717) is 47.4 Å². The Labute approximate surface area is 205 Å². The van der Waals surface area contributed by atoms with E-state index in [0.717, 1.165) is 22.4 Å². The molecule has 2 aromatic heterocycles. The van der Waals surface area contributed by atoms with Crippen LogP contribution in [0.2, 0.25) is 15.3 Å². The number of carbonyl (C=O) groups is 1. The monoisotopic (exact) mass is 500 g/mol. The highest BCUT2D eigenvalue weighted by Gasteiger charge is 2.08. The minimum atomic E-state index is 0.00267. The van der Waals surface area contributed by atoms with Crippen LogP contribution in [0, 0.1) is 0 Å². The van der Waals surface area contributed by atoms with Gasteiger partial charge in [-0.1, -0.05) is 41.4 Å². The van der Waals surface area contributed by atoms with Gasteiger partial charge < -0.3 is 9.72 Å². The molecule has 0 bridgehead atoms. The first-order valence-corrected chi connectivity index (χ1v) is 11.3. The van der Waals surface area contributed by atoms with Crippen molar-refractivity contribution in [2.24, 2.45) is 0 Å². The number of imidazole rings is 1. The van der Waals surface area contributed by atoms with Crippen molar-refractivity contribution < 1.29 is 9.53 Å². The van der Waals surface area contributed by atoms with Crippen LogP contribution >= 0.6 is 34.8 Å². The highest BCUT2D eigenvalue weighted by atomic mass is 35.5. The molecule has 2 heterocycles. The molecule has 0 radical (unpaired) electrons. The zero-order valence-corrected chi connectivity index (χ0v) is 19.7. The Balaban J connectivity index is 1.32. The lowest BCUT2D eigenvalue weighted by Crippen LogP contribution is -2.04. The molecule has 4 aromatic rings. The van der Waals surface area contributed by atoms with Crippen LogP contribution in [0.5, 0.6) is 5.75 Å². The van der Waals surface area contributed by atoms with Crippen molar-refractivity contribution in [2.45, 2.75) is 19.3 Å². The largest absolute Gasteiger partial charge is 0.493 e. The van der Waals surface area contributed by atoms with E-state index in [1.54, 1.807) is 18.2 Å². The van der Waals surface area contributed by atoms with Crippen molar-refractivity contribution in [1.82, 2.24) is 19.9 Å². The Morgan fingerprint density at radius 2 is 1.88 bits per heavy atom. The van der Waals surface area contributed by atoms with Gasteiger partial charge in [0, 0.05) is 30.4 Å². The molecule has 1 N–H and O–H groups in total. The molecule has 0 atom stereocenters. The van der Waals surface area contributed by atoms with Gasteiger partial charge in [-0.2, -0.15) is 0 Å². The third-order valence-electron chi connectivity index (χ3n) is 4.86. The first-order valence-electron chi connectivity index (χ1n) is 10.2. The maximum Gasteiger partial charge on any atom is 0.222 e. The molecule has 0 unspecified atom stereocenters. The molecule has 9 heteroatoms. The van der Waals surface area contributed by atoms with E-state index >= 15 is 0 Å². The smallest absolute Gasteiger partial charge is 0.222 e. The van der Waals surface area contributed by atoms with Gasteiger partial charge in [-0.15, -0.1) is 0 Å². The number of ether oxygens (including phenoxy) is 1. The van der Waals surface area contributed by atoms with Gasteiger partial charge in [-0.05, 0) is 47.5 Å². The SMILES string of the molecule is O=C(/C=C/c1ccccc1Cl)CCc1nc2ccc(OCCc3nc(Cl)ncc3Cl)cc2[nH]1. The van der Waals surface area contributed by atoms with Gasteiger partial charge in [0.25, 0.3) is 0 Å². The Bertz CT molecular complexity index is 1320. The molecule has 0 aliphatic carbocycles. The van der Waals surface area contributed by atoms with Crippen LogP contribution in [0.15, 0.2) is 54.7 Å². The van der Waals surface area contributed by atoms with E-state index in [-0.39, 0.29) is 11.1 Å². The van der Waals surface area contributed by atoms with Crippen LogP contribution in [-0.2, 0) is 17.6 Å². The van der Waals surface area contributed by atoms with Gasteiger partial charge in [-0.3, -0.25) is 4.79 Å². The molecule has 0 aliphatic heterocycles. The van der Waals surface area contributed by atoms with Crippen molar-refractivity contribution in [3.63, 3.8) is 0 Å². The van der Waals surface area contributed by atoms with E-state index in [2.05, 4.69) is 19.9 Å². The number of halogens is 3. The second-order valence-corrected chi connectivity index (χ2v) is 8.37. The van der Waals surface area contributed by atoms with Crippen molar-refractivity contribution in [3.05, 3.63) is 87.1 Å². The number of allylic oxidation sites excluding steroid dienone is 1. The third kappa shape index (κ3) is 6.32. The summed E-state index contributed by atoms with van der Waals surface area (Å²) in [6, 6.07) is 13.0. The van der Waals surface area contributed by atoms with Crippen LogP contribution in [-0.4, -0.2) is 32.3 Å². The number of hydrogen-bond donors (Lipinski definition) is 1. The number of nitrogens with zero attached hydrogens (tertiary/aromatic N) is 3. The summed E-state index contributed by atoms with van der Waals surface area (Å²) in [6.45, 7) is 0.381. The highest BCUT2D eigenvalue weighted by Crippen LogP contribution is 2.21. The van der Waals surface area contributed by atoms with E-state index in [9.17, 15) is 4.79 Å². The summed E-state index contributed by atoms with van der Waals surface area (Å²) in [4.78, 5) is 28.0. The van der Waals surface area contributed by atoms with Gasteiger partial charge in [0.05, 0.1) is 34.6 Å². The Morgan fingerprint density at radius 1 is 1.03 bits per heavy atom. The van der Waals surface area contributed by atoms with Crippen LogP contribution in [0.4, 0.5) is 0 Å². The van der Waals surface area contributed by atoms with Crippen LogP contribution < -0.4 is 4.74 Å². The fourth-order valence-electron chi connectivity index (χ4n) is 3.19. The second kappa shape index (κ2) is 10.8. The van der Waals surface area contributed by atoms with E-state index < -0.39 is 0 Å². The number of ketones is 1. The molecule has 6 nitrogen and oxygen atoms in total. The predicted octanol–water partition coefficient (Wildman–Crippen LogP) is 6.15. The topological polar surface area (TPSA) is 80.8 Å². The van der Waals surface area contributed by atoms with E-state index in [1.165, 1.54) is 6.20 Å². The van der Waals surface area contributed by atoms with Crippen molar-refractivity contribution in [1.29, 1.82) is 0 Å². The standard InChI is InChI=1S/C24H19Cl3N4O2/c25-18-4-2-1-3-15(18)5-6-16(32)7-10-23-29-21-9-8-17(13-22(21)30-23)33-12-11-20-19(26)14-28-24(27)31-20/h1-6,8-9,13-14H,7,10-12H2,(H,29,30)/b6-5+. The molecule has 168 valence electrons. The molecule has 0 saturated heterocycles. The lowest BCUT2D eigenvalue weighted by molar-refractivity contribution is -0.114. The minimum Gasteiger partial charge on any atom is -0.493 e. The number of benzene rings is 2. The molecule has 2 aromatic carbocycles. The predicted molar refractivity (Wildman–Crippen MR) is 131 cm³/mol. The Kier molecular flexibility index (Phi) is 7.60. The van der Waals surface area contributed by atoms with Crippen LogP contribution in [0.25, 0.3) is 17.1 Å². The summed E-state index contributed by atoms with van der Waals surface area (Å²) in [6.07, 6.45) is 6.09. The maximum absolute atomic E-state index is 12.2. The molecule has 0 saturated carbocycles. The quantitative estimate of drug-likeness (QED) is 0.220. The number of aromatic nitrogens is 4. The lowest BCUT2D eigenvalue weighted by Gasteiger charge is -2.07. The maximum atomic E-state index is 12.2. The first kappa shape index (κ1) is 23.2. The van der Waals surface area contributed by atoms with Gasteiger partial charge in [0.15, 0.2) is 5.78 Å². The lowest BCUT2D eigenvalue weighted by atomic mass is 10.1. The number of nitrogens with one attached hydrogen (secondary N) is 1. The summed E-state index contributed by atoms with van der Waals surface area (Å²) >= 11 is 18.0. The molecule has 0 amide bonds. The fourth-order valence-corrected chi connectivity index (χ4v) is 3.72. The van der Waals surface area contributed by atoms with Gasteiger partial charge >= 0.3 is 0 Å². The molecule has 0 spiro atoms. The van der Waals surface area contributed by atoms with E-state index in [4.69, 9.17) is 39.5 Å². The summed E-state index contributed by atoms with van der Waals surface area (Å²) in [5.74, 6) is 1.43. The molecular formula is C24H19Cl3N4O2. The van der Waals surface area contributed by atoms with Crippen molar-refractivity contribution in [2.75, 3.05) is 6.61 Å². The number of aryl methyl sites for hydroxylation is 1. The van der Waals surface area contributed by atoms with Gasteiger partial charge in [0.2, 0.25) is 5.28 Å². The number of fused-ring (bicyclic) bond motifs is 1. The molecular weight excluding hydrogens is 483 g/mol. The summed E-state index contributed by atoms with van der Waals surface area (Å²) in [5, 5.41) is 1.22. The highest BCUT2D eigenvalue weighted by molar-refractivity contribution is 6.32. The third-order valence-corrected chi connectivity index (χ3v) is 5.70. The first-order chi connectivity index (χ1) is 16.0. The zero-order valence-electron chi connectivity index (χ0n) is 17.4. The molecule has 0 fully saturated rings. The average molecular weight is 502 g/mol. The molecule has 0 aliphatic rings.